The molecule has 3 nitrogen and oxygen atoms in total. The predicted octanol–water partition coefficient (Wildman–Crippen LogP) is 16.9. The quantitative estimate of drug-likeness (QED) is 0.173. The Morgan fingerprint density at radius 3 is 1.13 bits per heavy atom. The van der Waals surface area contributed by atoms with E-state index in [0.29, 0.717) is 11.6 Å². The number of benzene rings is 7. The van der Waals surface area contributed by atoms with Crippen LogP contribution in [0, 0.1) is 10.8 Å². The molecule has 340 valence electrons. The fourth-order valence-electron chi connectivity index (χ4n) is 15.9. The normalized spacial score (nSPS) is 26.6. The summed E-state index contributed by atoms with van der Waals surface area (Å²) in [5.41, 5.74) is 22.0. The van der Waals surface area contributed by atoms with Gasteiger partial charge in [0.1, 0.15) is 0 Å². The third-order valence-corrected chi connectivity index (χ3v) is 20.4. The van der Waals surface area contributed by atoms with Gasteiger partial charge in [0.15, 0.2) is 11.6 Å². The van der Waals surface area contributed by atoms with Gasteiger partial charge in [0, 0.05) is 54.3 Å². The molecule has 0 saturated heterocycles. The average molecular weight is 898 g/mol. The molecule has 0 radical (unpaired) electrons. The van der Waals surface area contributed by atoms with Gasteiger partial charge < -0.3 is 4.40 Å². The van der Waals surface area contributed by atoms with Gasteiger partial charge >= 0.3 is 0 Å². The van der Waals surface area contributed by atoms with Gasteiger partial charge in [-0.1, -0.05) is 140 Å². The highest BCUT2D eigenvalue weighted by molar-refractivity contribution is 6.32. The summed E-state index contributed by atoms with van der Waals surface area (Å²) in [6, 6.07) is 44.3. The van der Waals surface area contributed by atoms with Crippen LogP contribution in [0.3, 0.4) is 0 Å². The third-order valence-electron chi connectivity index (χ3n) is 20.4. The monoisotopic (exact) mass is 897 g/mol. The van der Waals surface area contributed by atoms with Gasteiger partial charge in [0.25, 0.3) is 0 Å². The zero-order valence-electron chi connectivity index (χ0n) is 41.4. The summed E-state index contributed by atoms with van der Waals surface area (Å²) >= 11 is 0. The average Bonchev–Trinajstić information content (AvgIpc) is 3.96. The second kappa shape index (κ2) is 12.5. The molecular formula is C66H59NO2. The number of hydrogen-bond donors (Lipinski definition) is 0. The van der Waals surface area contributed by atoms with Crippen molar-refractivity contribution in [3.05, 3.63) is 160 Å². The lowest BCUT2D eigenvalue weighted by Crippen LogP contribution is -2.33. The van der Waals surface area contributed by atoms with Crippen LogP contribution >= 0.6 is 0 Å². The fourth-order valence-corrected chi connectivity index (χ4v) is 15.9. The van der Waals surface area contributed by atoms with Gasteiger partial charge in [-0.2, -0.15) is 0 Å². The van der Waals surface area contributed by atoms with Gasteiger partial charge in [-0.25, -0.2) is 0 Å². The first kappa shape index (κ1) is 40.6. The van der Waals surface area contributed by atoms with Crippen molar-refractivity contribution in [3.8, 4) is 44.5 Å². The zero-order chi connectivity index (χ0) is 47.1. The Hall–Kier alpha value is -6.32. The van der Waals surface area contributed by atoms with E-state index in [4.69, 9.17) is 0 Å². The van der Waals surface area contributed by atoms with Crippen LogP contribution in [0.25, 0.3) is 82.6 Å². The van der Waals surface area contributed by atoms with E-state index in [9.17, 15) is 0 Å². The molecule has 2 saturated carbocycles. The minimum absolute atomic E-state index is 0.0930. The van der Waals surface area contributed by atoms with Crippen molar-refractivity contribution >= 4 is 49.7 Å². The summed E-state index contributed by atoms with van der Waals surface area (Å²) < 4.78 is 2.53. The van der Waals surface area contributed by atoms with E-state index in [1.165, 1.54) is 105 Å². The third kappa shape index (κ3) is 4.72. The molecule has 2 heterocycles. The largest absolute Gasteiger partial charge is 0.308 e. The first-order valence-electron chi connectivity index (χ1n) is 25.9. The standard InChI is InChI=1S/C66H59NO2/c1-61(2)46-19-11-9-15-38(46)54-36(17-13-21-48(54)61)40-31-41(37-18-14-22-49-55(37)39-16-10-12-20-47(39)62(49,3)4)57-45-33-51-43(60(69)66(8)29-25-64(51,6)26-30-66)35-53(45)67-52-34-42-50(32-44(52)56(40)58(57)67)63(5)23-27-65(7,28-24-63)59(42)68/h9-22,31-35H,23-30H2,1-8H3. The molecule has 69 heavy (non-hydrogen) atoms. The SMILES string of the molecule is CC12CCC(C)(CC1)c1cc3c4c(-c5cccc6c5-c5ccccc5C6(C)C)cc(-c5cccc6c5-c5ccccc5C6(C)C)c5c6cc7c(cc6n(c3cc1C2=O)c45)C(=O)C1(C)CCC7(C)CC1. The van der Waals surface area contributed by atoms with Gasteiger partial charge in [-0.15, -0.1) is 0 Å². The van der Waals surface area contributed by atoms with Crippen molar-refractivity contribution in [2.24, 2.45) is 10.8 Å². The van der Waals surface area contributed by atoms with Crippen molar-refractivity contribution < 1.29 is 9.59 Å². The lowest BCUT2D eigenvalue weighted by molar-refractivity contribution is 0.0726. The molecule has 0 amide bonds. The Morgan fingerprint density at radius 2 is 0.710 bits per heavy atom. The van der Waals surface area contributed by atoms with E-state index in [1.54, 1.807) is 0 Å². The van der Waals surface area contributed by atoms with Gasteiger partial charge in [0.05, 0.1) is 16.6 Å². The Kier molecular flexibility index (Phi) is 7.36. The molecule has 8 aliphatic carbocycles. The van der Waals surface area contributed by atoms with E-state index < -0.39 is 0 Å². The Bertz CT molecular complexity index is 3640. The van der Waals surface area contributed by atoms with Gasteiger partial charge in [0.2, 0.25) is 0 Å². The number of carbonyl (C=O) groups excluding carboxylic acids is 2. The van der Waals surface area contributed by atoms with E-state index in [0.717, 1.165) is 73.5 Å². The molecule has 9 aromatic rings. The number of rotatable bonds is 2. The molecule has 7 aromatic carbocycles. The molecule has 2 aromatic heterocycles. The van der Waals surface area contributed by atoms with E-state index >= 15 is 9.59 Å². The van der Waals surface area contributed by atoms with Crippen LogP contribution < -0.4 is 0 Å². The summed E-state index contributed by atoms with van der Waals surface area (Å²) in [5, 5.41) is 4.90. The maximum absolute atomic E-state index is 15.1. The smallest absolute Gasteiger partial charge is 0.169 e. The number of hydrogen-bond acceptors (Lipinski definition) is 2. The maximum atomic E-state index is 15.1. The Morgan fingerprint density at radius 1 is 0.348 bits per heavy atom. The number of nitrogens with zero attached hydrogens (tertiary/aromatic N) is 1. The maximum Gasteiger partial charge on any atom is 0.169 e. The van der Waals surface area contributed by atoms with E-state index in [1.807, 2.05) is 0 Å². The Labute approximate surface area is 405 Å². The Balaban J connectivity index is 1.18. The minimum Gasteiger partial charge on any atom is -0.308 e. The molecule has 0 unspecified atom stereocenters. The molecule has 4 bridgehead atoms. The summed E-state index contributed by atoms with van der Waals surface area (Å²) in [4.78, 5) is 30.3. The summed E-state index contributed by atoms with van der Waals surface area (Å²) in [5.74, 6) is 0.599. The second-order valence-electron chi connectivity index (χ2n) is 24.9. The van der Waals surface area contributed by atoms with Crippen LogP contribution in [0.5, 0.6) is 0 Å². The molecule has 17 rings (SSSR count). The highest BCUT2D eigenvalue weighted by Crippen LogP contribution is 2.61. The highest BCUT2D eigenvalue weighted by atomic mass is 16.1. The molecule has 3 heteroatoms. The van der Waals surface area contributed by atoms with Crippen molar-refractivity contribution in [2.75, 3.05) is 0 Å². The molecule has 0 aliphatic heterocycles. The number of Topliss-reactive ketones (excluding diaryl/α,β-unsaturated/α-hetero) is 2. The van der Waals surface area contributed by atoms with Crippen LogP contribution in [0.4, 0.5) is 0 Å². The lowest BCUT2D eigenvalue weighted by atomic mass is 9.65. The predicted molar refractivity (Wildman–Crippen MR) is 284 cm³/mol. The molecule has 0 atom stereocenters. The van der Waals surface area contributed by atoms with E-state index in [2.05, 4.69) is 175 Å². The summed E-state index contributed by atoms with van der Waals surface area (Å²) in [7, 11) is 0. The number of fused-ring (bicyclic) bond motifs is 16. The van der Waals surface area contributed by atoms with Crippen LogP contribution in [0.1, 0.15) is 161 Å². The number of carbonyl (C=O) groups is 2. The van der Waals surface area contributed by atoms with Crippen LogP contribution in [0.2, 0.25) is 0 Å². The first-order chi connectivity index (χ1) is 33.0. The van der Waals surface area contributed by atoms with Crippen molar-refractivity contribution in [2.45, 2.75) is 128 Å². The van der Waals surface area contributed by atoms with Crippen molar-refractivity contribution in [3.63, 3.8) is 0 Å². The molecule has 0 spiro atoms. The summed E-state index contributed by atoms with van der Waals surface area (Å²) in [6.07, 6.45) is 7.72. The second-order valence-corrected chi connectivity index (χ2v) is 24.9. The van der Waals surface area contributed by atoms with E-state index in [-0.39, 0.29) is 32.5 Å². The molecule has 0 N–H and O–H groups in total. The minimum atomic E-state index is -0.368. The fraction of sp³-hybridized carbons (Fsp3) is 0.333. The first-order valence-corrected chi connectivity index (χ1v) is 25.9. The van der Waals surface area contributed by atoms with Crippen LogP contribution in [-0.4, -0.2) is 16.0 Å². The zero-order valence-corrected chi connectivity index (χ0v) is 41.4. The highest BCUT2D eigenvalue weighted by Gasteiger charge is 2.51. The van der Waals surface area contributed by atoms with Crippen LogP contribution in [-0.2, 0) is 21.7 Å². The van der Waals surface area contributed by atoms with Crippen LogP contribution in [0.15, 0.2) is 115 Å². The number of ketones is 2. The molecule has 8 aliphatic rings. The van der Waals surface area contributed by atoms with Gasteiger partial charge in [-0.05, 0) is 170 Å². The summed E-state index contributed by atoms with van der Waals surface area (Å²) in [6.45, 7) is 18.8. The number of aromatic nitrogens is 1. The molecule has 2 fully saturated rings. The molecular weight excluding hydrogens is 839 g/mol. The topological polar surface area (TPSA) is 38.5 Å². The van der Waals surface area contributed by atoms with Gasteiger partial charge in [-0.3, -0.25) is 9.59 Å². The van der Waals surface area contributed by atoms with Crippen molar-refractivity contribution in [1.82, 2.24) is 4.40 Å². The lowest BCUT2D eigenvalue weighted by Gasteiger charge is -2.38. The van der Waals surface area contributed by atoms with Crippen molar-refractivity contribution in [1.29, 1.82) is 0 Å².